The Morgan fingerprint density at radius 2 is 2.13 bits per heavy atom. The summed E-state index contributed by atoms with van der Waals surface area (Å²) in [7, 11) is 0. The van der Waals surface area contributed by atoms with Crippen molar-refractivity contribution >= 4 is 29.2 Å². The number of thiophene rings is 1. The summed E-state index contributed by atoms with van der Waals surface area (Å²) in [4.78, 5) is 38.2. The van der Waals surface area contributed by atoms with E-state index in [2.05, 4.69) is 30.5 Å². The standard InChI is InChI=1S/C16H23N3O3S/c1-10(2)8-19(9-13-11(3)6-7-23-13)14(20)5-4-12-15(21)18-16(22)17-12/h6-7,10,12H,4-5,8-9H2,1-3H3,(H2,17,18,21,22). The van der Waals surface area contributed by atoms with Crippen LogP contribution in [0.5, 0.6) is 0 Å². The zero-order valence-electron chi connectivity index (χ0n) is 13.7. The molecule has 0 radical (unpaired) electrons. The van der Waals surface area contributed by atoms with Crippen molar-refractivity contribution in [1.82, 2.24) is 15.5 Å². The molecule has 126 valence electrons. The van der Waals surface area contributed by atoms with Crippen LogP contribution in [-0.4, -0.2) is 35.3 Å². The molecule has 6 nitrogen and oxygen atoms in total. The molecule has 0 aliphatic carbocycles. The van der Waals surface area contributed by atoms with E-state index in [0.29, 0.717) is 25.4 Å². The fourth-order valence-corrected chi connectivity index (χ4v) is 3.44. The van der Waals surface area contributed by atoms with Crippen LogP contribution in [0.15, 0.2) is 11.4 Å². The van der Waals surface area contributed by atoms with Gasteiger partial charge in [-0.25, -0.2) is 4.79 Å². The van der Waals surface area contributed by atoms with E-state index in [1.165, 1.54) is 10.4 Å². The van der Waals surface area contributed by atoms with Crippen molar-refractivity contribution < 1.29 is 14.4 Å². The molecule has 0 saturated carbocycles. The Morgan fingerprint density at radius 1 is 1.39 bits per heavy atom. The third-order valence-corrected chi connectivity index (χ3v) is 4.75. The largest absolute Gasteiger partial charge is 0.337 e. The second-order valence-corrected chi connectivity index (χ2v) is 7.25. The van der Waals surface area contributed by atoms with Crippen LogP contribution >= 0.6 is 11.3 Å². The maximum Gasteiger partial charge on any atom is 0.322 e. The van der Waals surface area contributed by atoms with Gasteiger partial charge in [0.2, 0.25) is 5.91 Å². The first-order chi connectivity index (χ1) is 10.9. The molecule has 0 spiro atoms. The molecule has 2 rings (SSSR count). The van der Waals surface area contributed by atoms with E-state index >= 15 is 0 Å². The second-order valence-electron chi connectivity index (χ2n) is 6.25. The molecule has 1 saturated heterocycles. The lowest BCUT2D eigenvalue weighted by molar-refractivity contribution is -0.132. The van der Waals surface area contributed by atoms with Gasteiger partial charge in [0, 0.05) is 17.8 Å². The zero-order chi connectivity index (χ0) is 17.0. The Bertz CT molecular complexity index is 597. The van der Waals surface area contributed by atoms with Crippen LogP contribution in [0.2, 0.25) is 0 Å². The van der Waals surface area contributed by atoms with E-state index in [1.807, 2.05) is 17.2 Å². The first kappa shape index (κ1) is 17.5. The summed E-state index contributed by atoms with van der Waals surface area (Å²) in [5.41, 5.74) is 1.19. The van der Waals surface area contributed by atoms with Crippen LogP contribution in [0, 0.1) is 12.8 Å². The van der Waals surface area contributed by atoms with Crippen LogP contribution in [0.1, 0.15) is 37.1 Å². The Labute approximate surface area is 140 Å². The van der Waals surface area contributed by atoms with Crippen LogP contribution < -0.4 is 10.6 Å². The second kappa shape index (κ2) is 7.59. The topological polar surface area (TPSA) is 78.5 Å². The summed E-state index contributed by atoms with van der Waals surface area (Å²) >= 11 is 1.65. The summed E-state index contributed by atoms with van der Waals surface area (Å²) in [6, 6.07) is 0.965. The first-order valence-corrected chi connectivity index (χ1v) is 8.67. The van der Waals surface area contributed by atoms with Crippen molar-refractivity contribution in [2.45, 2.75) is 46.2 Å². The lowest BCUT2D eigenvalue weighted by Crippen LogP contribution is -2.36. The average Bonchev–Trinajstić information content (AvgIpc) is 3.00. The highest BCUT2D eigenvalue weighted by atomic mass is 32.1. The van der Waals surface area contributed by atoms with Crippen LogP contribution in [0.25, 0.3) is 0 Å². The summed E-state index contributed by atoms with van der Waals surface area (Å²) in [6.07, 6.45) is 0.573. The monoisotopic (exact) mass is 337 g/mol. The molecule has 1 unspecified atom stereocenters. The fourth-order valence-electron chi connectivity index (χ4n) is 2.52. The summed E-state index contributed by atoms with van der Waals surface area (Å²) < 4.78 is 0. The number of hydrogen-bond acceptors (Lipinski definition) is 4. The molecule has 1 aliphatic heterocycles. The fraction of sp³-hybridized carbons (Fsp3) is 0.562. The molecular weight excluding hydrogens is 314 g/mol. The van der Waals surface area contributed by atoms with E-state index in [0.717, 1.165) is 0 Å². The number of rotatable bonds is 7. The Kier molecular flexibility index (Phi) is 5.76. The van der Waals surface area contributed by atoms with Gasteiger partial charge in [0.15, 0.2) is 0 Å². The Morgan fingerprint density at radius 3 is 2.65 bits per heavy atom. The molecular formula is C16H23N3O3S. The molecule has 1 aromatic rings. The maximum absolute atomic E-state index is 12.5. The van der Waals surface area contributed by atoms with Crippen molar-refractivity contribution in [3.8, 4) is 0 Å². The van der Waals surface area contributed by atoms with Crippen molar-refractivity contribution in [2.24, 2.45) is 5.92 Å². The molecule has 2 N–H and O–H groups in total. The smallest absolute Gasteiger partial charge is 0.322 e. The highest BCUT2D eigenvalue weighted by molar-refractivity contribution is 7.10. The molecule has 1 aliphatic rings. The predicted octanol–water partition coefficient (Wildman–Crippen LogP) is 2.03. The van der Waals surface area contributed by atoms with Gasteiger partial charge in [-0.1, -0.05) is 13.8 Å². The molecule has 0 bridgehead atoms. The molecule has 7 heteroatoms. The van der Waals surface area contributed by atoms with Gasteiger partial charge in [-0.15, -0.1) is 11.3 Å². The average molecular weight is 337 g/mol. The SMILES string of the molecule is Cc1ccsc1CN(CC(C)C)C(=O)CCC1NC(=O)NC1=O. The maximum atomic E-state index is 12.5. The number of carbonyl (C=O) groups is 3. The van der Waals surface area contributed by atoms with E-state index in [-0.39, 0.29) is 18.2 Å². The summed E-state index contributed by atoms with van der Waals surface area (Å²) in [5, 5.41) is 6.74. The van der Waals surface area contributed by atoms with Crippen molar-refractivity contribution in [1.29, 1.82) is 0 Å². The van der Waals surface area contributed by atoms with Gasteiger partial charge in [0.25, 0.3) is 5.91 Å². The molecule has 4 amide bonds. The normalized spacial score (nSPS) is 17.3. The van der Waals surface area contributed by atoms with Gasteiger partial charge in [-0.05, 0) is 36.3 Å². The molecule has 1 fully saturated rings. The van der Waals surface area contributed by atoms with Gasteiger partial charge in [-0.2, -0.15) is 0 Å². The third kappa shape index (κ3) is 4.79. The number of amides is 4. The van der Waals surface area contributed by atoms with E-state index in [9.17, 15) is 14.4 Å². The minimum atomic E-state index is -0.601. The van der Waals surface area contributed by atoms with Crippen molar-refractivity contribution in [3.05, 3.63) is 21.9 Å². The third-order valence-electron chi connectivity index (χ3n) is 3.75. The van der Waals surface area contributed by atoms with Crippen molar-refractivity contribution in [2.75, 3.05) is 6.54 Å². The van der Waals surface area contributed by atoms with E-state index in [1.54, 1.807) is 11.3 Å². The quantitative estimate of drug-likeness (QED) is 0.747. The summed E-state index contributed by atoms with van der Waals surface area (Å²) in [6.45, 7) is 7.48. The molecule has 1 aromatic heterocycles. The summed E-state index contributed by atoms with van der Waals surface area (Å²) in [5.74, 6) is 0.0291. The van der Waals surface area contributed by atoms with Crippen molar-refractivity contribution in [3.63, 3.8) is 0 Å². The van der Waals surface area contributed by atoms with Gasteiger partial charge in [0.1, 0.15) is 6.04 Å². The number of carbonyl (C=O) groups excluding carboxylic acids is 3. The number of urea groups is 1. The van der Waals surface area contributed by atoms with Gasteiger partial charge >= 0.3 is 6.03 Å². The number of nitrogens with one attached hydrogen (secondary N) is 2. The predicted molar refractivity (Wildman–Crippen MR) is 89.0 cm³/mol. The molecule has 1 atom stereocenters. The van der Waals surface area contributed by atoms with Crippen LogP contribution in [-0.2, 0) is 16.1 Å². The molecule has 0 aromatic carbocycles. The van der Waals surface area contributed by atoms with Crippen LogP contribution in [0.3, 0.4) is 0 Å². The highest BCUT2D eigenvalue weighted by Crippen LogP contribution is 2.19. The lowest BCUT2D eigenvalue weighted by Gasteiger charge is -2.25. The molecule has 23 heavy (non-hydrogen) atoms. The minimum Gasteiger partial charge on any atom is -0.337 e. The number of aryl methyl sites for hydroxylation is 1. The van der Waals surface area contributed by atoms with E-state index in [4.69, 9.17) is 0 Å². The Hall–Kier alpha value is -1.89. The lowest BCUT2D eigenvalue weighted by atomic mass is 10.1. The minimum absolute atomic E-state index is 0.0143. The highest BCUT2D eigenvalue weighted by Gasteiger charge is 2.30. The van der Waals surface area contributed by atoms with Gasteiger partial charge < -0.3 is 10.2 Å². The first-order valence-electron chi connectivity index (χ1n) is 7.79. The number of hydrogen-bond donors (Lipinski definition) is 2. The number of nitrogens with zero attached hydrogens (tertiary/aromatic N) is 1. The van der Waals surface area contributed by atoms with Gasteiger partial charge in [0.05, 0.1) is 6.54 Å². The van der Waals surface area contributed by atoms with E-state index < -0.39 is 12.1 Å². The van der Waals surface area contributed by atoms with Crippen LogP contribution in [0.4, 0.5) is 4.79 Å². The van der Waals surface area contributed by atoms with Gasteiger partial charge in [-0.3, -0.25) is 14.9 Å². The number of imide groups is 1. The molecule has 2 heterocycles. The zero-order valence-corrected chi connectivity index (χ0v) is 14.5. The Balaban J connectivity index is 1.95.